The SMILES string of the molecule is CCCNc1nc(NCC2(CC)CCC2)c2cn[nH]c2n1. The number of hydrogen-bond donors (Lipinski definition) is 3. The summed E-state index contributed by atoms with van der Waals surface area (Å²) < 4.78 is 0. The second kappa shape index (κ2) is 5.87. The van der Waals surface area contributed by atoms with Gasteiger partial charge in [0.25, 0.3) is 0 Å². The minimum absolute atomic E-state index is 0.456. The number of nitrogens with one attached hydrogen (secondary N) is 3. The first-order valence-electron chi connectivity index (χ1n) is 7.95. The third-order valence-corrected chi connectivity index (χ3v) is 4.64. The number of anilines is 2. The van der Waals surface area contributed by atoms with E-state index in [1.54, 1.807) is 6.20 Å². The first-order valence-corrected chi connectivity index (χ1v) is 7.95. The minimum Gasteiger partial charge on any atom is -0.369 e. The largest absolute Gasteiger partial charge is 0.369 e. The molecule has 2 aromatic rings. The Hall–Kier alpha value is -1.85. The van der Waals surface area contributed by atoms with Crippen LogP contribution in [0.3, 0.4) is 0 Å². The summed E-state index contributed by atoms with van der Waals surface area (Å²) in [6, 6.07) is 0. The summed E-state index contributed by atoms with van der Waals surface area (Å²) in [5.74, 6) is 1.54. The van der Waals surface area contributed by atoms with Gasteiger partial charge in [-0.1, -0.05) is 20.3 Å². The van der Waals surface area contributed by atoms with Crippen LogP contribution in [0.25, 0.3) is 11.0 Å². The first kappa shape index (κ1) is 14.1. The van der Waals surface area contributed by atoms with Gasteiger partial charge < -0.3 is 10.6 Å². The predicted octanol–water partition coefficient (Wildman–Crippen LogP) is 3.17. The molecule has 0 aromatic carbocycles. The molecule has 0 amide bonds. The van der Waals surface area contributed by atoms with E-state index >= 15 is 0 Å². The van der Waals surface area contributed by atoms with Gasteiger partial charge in [-0.3, -0.25) is 5.10 Å². The lowest BCUT2D eigenvalue weighted by molar-refractivity contribution is 0.145. The molecule has 21 heavy (non-hydrogen) atoms. The number of aromatic nitrogens is 4. The fourth-order valence-corrected chi connectivity index (χ4v) is 2.89. The molecule has 6 nitrogen and oxygen atoms in total. The molecule has 1 fully saturated rings. The average molecular weight is 288 g/mol. The molecule has 0 bridgehead atoms. The van der Waals surface area contributed by atoms with Crippen molar-refractivity contribution in [3.05, 3.63) is 6.20 Å². The summed E-state index contributed by atoms with van der Waals surface area (Å²) in [5.41, 5.74) is 1.24. The highest BCUT2D eigenvalue weighted by Gasteiger charge is 2.34. The molecular weight excluding hydrogens is 264 g/mol. The fourth-order valence-electron chi connectivity index (χ4n) is 2.89. The van der Waals surface area contributed by atoms with Crippen LogP contribution in [-0.2, 0) is 0 Å². The standard InChI is InChI=1S/C15H24N6/c1-3-8-16-14-19-12(11-9-18-21-13(11)20-14)17-10-15(4-2)6-5-7-15/h9H,3-8,10H2,1-2H3,(H3,16,17,18,19,20,21). The molecule has 6 heteroatoms. The van der Waals surface area contributed by atoms with E-state index < -0.39 is 0 Å². The van der Waals surface area contributed by atoms with Crippen molar-refractivity contribution in [3.63, 3.8) is 0 Å². The van der Waals surface area contributed by atoms with Crippen LogP contribution in [0.1, 0.15) is 46.0 Å². The van der Waals surface area contributed by atoms with Crippen molar-refractivity contribution >= 4 is 22.8 Å². The van der Waals surface area contributed by atoms with Crippen LogP contribution in [0.4, 0.5) is 11.8 Å². The number of nitrogens with zero attached hydrogens (tertiary/aromatic N) is 3. The van der Waals surface area contributed by atoms with Crippen LogP contribution in [-0.4, -0.2) is 33.3 Å². The van der Waals surface area contributed by atoms with Crippen LogP contribution < -0.4 is 10.6 Å². The highest BCUT2D eigenvalue weighted by Crippen LogP contribution is 2.43. The normalized spacial score (nSPS) is 16.7. The summed E-state index contributed by atoms with van der Waals surface area (Å²) >= 11 is 0. The van der Waals surface area contributed by atoms with Crippen LogP contribution in [0.15, 0.2) is 6.20 Å². The Bertz CT molecular complexity index is 596. The van der Waals surface area contributed by atoms with E-state index in [4.69, 9.17) is 0 Å². The molecule has 0 atom stereocenters. The van der Waals surface area contributed by atoms with E-state index in [-0.39, 0.29) is 0 Å². The van der Waals surface area contributed by atoms with E-state index in [0.717, 1.165) is 36.4 Å². The lowest BCUT2D eigenvalue weighted by Gasteiger charge is -2.41. The van der Waals surface area contributed by atoms with Gasteiger partial charge in [-0.25, -0.2) is 0 Å². The molecule has 0 radical (unpaired) electrons. The number of hydrogen-bond acceptors (Lipinski definition) is 5. The third kappa shape index (κ3) is 2.80. The number of rotatable bonds is 7. The van der Waals surface area contributed by atoms with Gasteiger partial charge in [-0.15, -0.1) is 0 Å². The maximum Gasteiger partial charge on any atom is 0.226 e. The van der Waals surface area contributed by atoms with Gasteiger partial charge in [0.15, 0.2) is 5.65 Å². The van der Waals surface area contributed by atoms with E-state index in [0.29, 0.717) is 11.4 Å². The summed E-state index contributed by atoms with van der Waals surface area (Å²) in [7, 11) is 0. The Morgan fingerprint density at radius 1 is 1.24 bits per heavy atom. The van der Waals surface area contributed by atoms with E-state index in [1.807, 2.05) is 0 Å². The van der Waals surface area contributed by atoms with Crippen molar-refractivity contribution in [1.82, 2.24) is 20.2 Å². The van der Waals surface area contributed by atoms with Crippen LogP contribution in [0.5, 0.6) is 0 Å². The maximum atomic E-state index is 4.61. The quantitative estimate of drug-likeness (QED) is 0.729. The Labute approximate surface area is 125 Å². The number of fused-ring (bicyclic) bond motifs is 1. The Morgan fingerprint density at radius 3 is 2.76 bits per heavy atom. The third-order valence-electron chi connectivity index (χ3n) is 4.64. The monoisotopic (exact) mass is 288 g/mol. The number of aromatic amines is 1. The van der Waals surface area contributed by atoms with Crippen molar-refractivity contribution in [2.45, 2.75) is 46.0 Å². The topological polar surface area (TPSA) is 78.5 Å². The van der Waals surface area contributed by atoms with Gasteiger partial charge in [0.2, 0.25) is 5.95 Å². The average Bonchev–Trinajstić information content (AvgIpc) is 2.92. The molecule has 0 aliphatic heterocycles. The molecule has 0 saturated heterocycles. The first-order chi connectivity index (χ1) is 10.3. The van der Waals surface area contributed by atoms with E-state index in [1.165, 1.54) is 25.7 Å². The van der Waals surface area contributed by atoms with E-state index in [9.17, 15) is 0 Å². The summed E-state index contributed by atoms with van der Waals surface area (Å²) in [5, 5.41) is 14.8. The van der Waals surface area contributed by atoms with Crippen molar-refractivity contribution in [2.24, 2.45) is 5.41 Å². The van der Waals surface area contributed by atoms with Crippen molar-refractivity contribution in [1.29, 1.82) is 0 Å². The smallest absolute Gasteiger partial charge is 0.226 e. The summed E-state index contributed by atoms with van der Waals surface area (Å²) in [4.78, 5) is 9.06. The molecule has 3 N–H and O–H groups in total. The predicted molar refractivity (Wildman–Crippen MR) is 85.5 cm³/mol. The van der Waals surface area contributed by atoms with Gasteiger partial charge in [-0.05, 0) is 31.1 Å². The highest BCUT2D eigenvalue weighted by atomic mass is 15.2. The van der Waals surface area contributed by atoms with Gasteiger partial charge in [0.1, 0.15) is 5.82 Å². The van der Waals surface area contributed by atoms with Gasteiger partial charge in [-0.2, -0.15) is 15.1 Å². The Balaban J connectivity index is 1.80. The van der Waals surface area contributed by atoms with Crippen molar-refractivity contribution in [3.8, 4) is 0 Å². The molecule has 2 heterocycles. The van der Waals surface area contributed by atoms with Crippen molar-refractivity contribution < 1.29 is 0 Å². The fraction of sp³-hybridized carbons (Fsp3) is 0.667. The summed E-state index contributed by atoms with van der Waals surface area (Å²) in [6.07, 6.45) is 8.05. The Kier molecular flexibility index (Phi) is 3.94. The lowest BCUT2D eigenvalue weighted by atomic mass is 9.67. The zero-order valence-electron chi connectivity index (χ0n) is 12.9. The lowest BCUT2D eigenvalue weighted by Crippen LogP contribution is -2.36. The van der Waals surface area contributed by atoms with Gasteiger partial charge in [0, 0.05) is 13.1 Å². The molecule has 2 aromatic heterocycles. The van der Waals surface area contributed by atoms with Crippen molar-refractivity contribution in [2.75, 3.05) is 23.7 Å². The van der Waals surface area contributed by atoms with Crippen LogP contribution >= 0.6 is 0 Å². The number of H-pyrrole nitrogens is 1. The zero-order chi connectivity index (χ0) is 14.7. The molecule has 1 aliphatic carbocycles. The molecular formula is C15H24N6. The highest BCUT2D eigenvalue weighted by molar-refractivity contribution is 5.86. The maximum absolute atomic E-state index is 4.61. The van der Waals surface area contributed by atoms with Gasteiger partial charge in [0.05, 0.1) is 11.6 Å². The second-order valence-corrected chi connectivity index (χ2v) is 6.02. The second-order valence-electron chi connectivity index (χ2n) is 6.02. The minimum atomic E-state index is 0.456. The molecule has 3 rings (SSSR count). The molecule has 0 spiro atoms. The van der Waals surface area contributed by atoms with Crippen LogP contribution in [0.2, 0.25) is 0 Å². The zero-order valence-corrected chi connectivity index (χ0v) is 12.9. The molecule has 114 valence electrons. The summed E-state index contributed by atoms with van der Waals surface area (Å²) in [6.45, 7) is 6.26. The molecule has 0 unspecified atom stereocenters. The van der Waals surface area contributed by atoms with Gasteiger partial charge >= 0.3 is 0 Å². The Morgan fingerprint density at radius 2 is 2.10 bits per heavy atom. The van der Waals surface area contributed by atoms with Crippen LogP contribution in [0, 0.1) is 5.41 Å². The van der Waals surface area contributed by atoms with E-state index in [2.05, 4.69) is 44.6 Å². The molecule has 1 aliphatic rings. The molecule has 1 saturated carbocycles.